The fourth-order valence-electron chi connectivity index (χ4n) is 3.32. The monoisotopic (exact) mass is 437 g/mol. The minimum absolute atomic E-state index is 0.194. The number of esters is 2. The van der Waals surface area contributed by atoms with Crippen LogP contribution in [0.2, 0.25) is 0 Å². The number of hydrogen-bond acceptors (Lipinski definition) is 6. The highest BCUT2D eigenvalue weighted by Crippen LogP contribution is 2.40. The van der Waals surface area contributed by atoms with Gasteiger partial charge >= 0.3 is 11.9 Å². The highest BCUT2D eigenvalue weighted by atomic mass is 32.1. The van der Waals surface area contributed by atoms with Gasteiger partial charge in [0.1, 0.15) is 22.2 Å². The van der Waals surface area contributed by atoms with Crippen molar-refractivity contribution in [2.45, 2.75) is 33.1 Å². The third-order valence-corrected chi connectivity index (χ3v) is 5.92. The summed E-state index contributed by atoms with van der Waals surface area (Å²) < 4.78 is 37.2. The second-order valence-electron chi connectivity index (χ2n) is 7.00. The Labute approximate surface area is 176 Å². The Hall–Kier alpha value is -2.81. The Kier molecular flexibility index (Phi) is 6.81. The lowest BCUT2D eigenvalue weighted by Gasteiger charge is -2.18. The molecule has 2 aromatic rings. The molecule has 0 saturated carbocycles. The van der Waals surface area contributed by atoms with Crippen molar-refractivity contribution in [3.8, 4) is 0 Å². The predicted molar refractivity (Wildman–Crippen MR) is 107 cm³/mol. The van der Waals surface area contributed by atoms with Gasteiger partial charge in [-0.25, -0.2) is 18.4 Å². The van der Waals surface area contributed by atoms with Crippen LogP contribution in [0.15, 0.2) is 18.2 Å². The summed E-state index contributed by atoms with van der Waals surface area (Å²) in [6.45, 7) is 3.25. The minimum atomic E-state index is -1.29. The van der Waals surface area contributed by atoms with Crippen molar-refractivity contribution in [2.75, 3.05) is 18.5 Å². The van der Waals surface area contributed by atoms with E-state index in [0.29, 0.717) is 22.9 Å². The van der Waals surface area contributed by atoms with Crippen LogP contribution in [0.5, 0.6) is 0 Å². The molecule has 1 unspecified atom stereocenters. The zero-order valence-electron chi connectivity index (χ0n) is 16.6. The van der Waals surface area contributed by atoms with E-state index in [9.17, 15) is 23.2 Å². The summed E-state index contributed by atoms with van der Waals surface area (Å²) >= 11 is 1.29. The number of ether oxygens (including phenoxy) is 2. The predicted octanol–water partition coefficient (Wildman–Crippen LogP) is 4.12. The molecule has 9 heteroatoms. The first-order valence-corrected chi connectivity index (χ1v) is 10.4. The molecule has 160 valence electrons. The molecule has 1 N–H and O–H groups in total. The lowest BCUT2D eigenvalue weighted by Crippen LogP contribution is -2.22. The van der Waals surface area contributed by atoms with Gasteiger partial charge in [-0.2, -0.15) is 0 Å². The van der Waals surface area contributed by atoms with E-state index in [4.69, 9.17) is 9.47 Å². The van der Waals surface area contributed by atoms with Crippen LogP contribution in [0, 0.1) is 17.6 Å². The number of nitrogens with one attached hydrogen (secondary N) is 1. The van der Waals surface area contributed by atoms with E-state index < -0.39 is 41.7 Å². The Bertz CT molecular complexity index is 968. The smallest absolute Gasteiger partial charge is 0.344 e. The normalized spacial score (nSPS) is 15.3. The van der Waals surface area contributed by atoms with Gasteiger partial charge < -0.3 is 14.8 Å². The van der Waals surface area contributed by atoms with E-state index in [0.717, 1.165) is 41.5 Å². The van der Waals surface area contributed by atoms with E-state index >= 15 is 0 Å². The molecule has 3 rings (SSSR count). The van der Waals surface area contributed by atoms with Crippen LogP contribution in [0.4, 0.5) is 13.8 Å². The molecule has 0 fully saturated rings. The Morgan fingerprint density at radius 2 is 1.80 bits per heavy atom. The number of fused-ring (bicyclic) bond motifs is 1. The van der Waals surface area contributed by atoms with E-state index in [1.54, 1.807) is 6.92 Å². The maximum atomic E-state index is 13.7. The van der Waals surface area contributed by atoms with Crippen LogP contribution < -0.4 is 5.32 Å². The lowest BCUT2D eigenvalue weighted by atomic mass is 9.88. The largest absolute Gasteiger partial charge is 0.462 e. The zero-order chi connectivity index (χ0) is 21.8. The molecule has 1 amide bonds. The SMILES string of the molecule is CCOC(=O)c1c(NC(=O)COC(=O)c2c(F)cccc2F)sc2c1CCC(C)C2. The molecule has 0 spiro atoms. The van der Waals surface area contributed by atoms with Gasteiger partial charge in [0, 0.05) is 4.88 Å². The van der Waals surface area contributed by atoms with Gasteiger partial charge in [0.2, 0.25) is 0 Å². The zero-order valence-corrected chi connectivity index (χ0v) is 17.4. The van der Waals surface area contributed by atoms with Gasteiger partial charge in [-0.3, -0.25) is 4.79 Å². The van der Waals surface area contributed by atoms with Gasteiger partial charge in [-0.15, -0.1) is 11.3 Å². The number of amides is 1. The van der Waals surface area contributed by atoms with Gasteiger partial charge in [-0.1, -0.05) is 13.0 Å². The number of halogens is 2. The molecular formula is C21H21F2NO5S. The van der Waals surface area contributed by atoms with Crippen molar-refractivity contribution in [3.05, 3.63) is 51.4 Å². The Morgan fingerprint density at radius 1 is 1.13 bits per heavy atom. The van der Waals surface area contributed by atoms with Gasteiger partial charge in [0.15, 0.2) is 6.61 Å². The fourth-order valence-corrected chi connectivity index (χ4v) is 4.73. The maximum absolute atomic E-state index is 13.7. The molecule has 1 aliphatic carbocycles. The third kappa shape index (κ3) is 4.67. The van der Waals surface area contributed by atoms with Crippen LogP contribution in [-0.4, -0.2) is 31.1 Å². The molecule has 1 aromatic heterocycles. The second kappa shape index (κ2) is 9.34. The topological polar surface area (TPSA) is 81.7 Å². The van der Waals surface area contributed by atoms with Crippen molar-refractivity contribution < 1.29 is 32.6 Å². The van der Waals surface area contributed by atoms with Crippen LogP contribution in [0.1, 0.15) is 51.4 Å². The van der Waals surface area contributed by atoms with Gasteiger partial charge in [0.25, 0.3) is 5.91 Å². The number of hydrogen-bond donors (Lipinski definition) is 1. The summed E-state index contributed by atoms with van der Waals surface area (Å²) in [5, 5.41) is 2.90. The minimum Gasteiger partial charge on any atom is -0.462 e. The summed E-state index contributed by atoms with van der Waals surface area (Å²) in [5.41, 5.74) is 0.332. The Balaban J connectivity index is 1.73. The highest BCUT2D eigenvalue weighted by molar-refractivity contribution is 7.17. The molecule has 0 bridgehead atoms. The fraction of sp³-hybridized carbons (Fsp3) is 0.381. The van der Waals surface area contributed by atoms with Crippen LogP contribution in [0.3, 0.4) is 0 Å². The molecule has 0 saturated heterocycles. The summed E-state index contributed by atoms with van der Waals surface area (Å²) in [7, 11) is 0. The summed E-state index contributed by atoms with van der Waals surface area (Å²) in [6, 6.07) is 2.95. The lowest BCUT2D eigenvalue weighted by molar-refractivity contribution is -0.119. The van der Waals surface area contributed by atoms with Crippen molar-refractivity contribution >= 4 is 34.2 Å². The number of anilines is 1. The molecule has 1 aliphatic rings. The average molecular weight is 437 g/mol. The molecule has 6 nitrogen and oxygen atoms in total. The summed E-state index contributed by atoms with van der Waals surface area (Å²) in [5.74, 6) is -4.23. The average Bonchev–Trinajstić information content (AvgIpc) is 3.03. The van der Waals surface area contributed by atoms with Crippen molar-refractivity contribution in [1.29, 1.82) is 0 Å². The van der Waals surface area contributed by atoms with E-state index in [2.05, 4.69) is 12.2 Å². The van der Waals surface area contributed by atoms with Crippen molar-refractivity contribution in [1.82, 2.24) is 0 Å². The van der Waals surface area contributed by atoms with Crippen LogP contribution in [0.25, 0.3) is 0 Å². The molecule has 1 heterocycles. The number of carbonyl (C=O) groups excluding carboxylic acids is 3. The molecule has 0 radical (unpaired) electrons. The van der Waals surface area contributed by atoms with Crippen LogP contribution in [-0.2, 0) is 27.1 Å². The van der Waals surface area contributed by atoms with Crippen molar-refractivity contribution in [2.24, 2.45) is 5.92 Å². The molecule has 1 atom stereocenters. The molecule has 0 aliphatic heterocycles. The number of rotatable bonds is 6. The van der Waals surface area contributed by atoms with Crippen molar-refractivity contribution in [3.63, 3.8) is 0 Å². The van der Waals surface area contributed by atoms with E-state index in [1.807, 2.05) is 0 Å². The highest BCUT2D eigenvalue weighted by Gasteiger charge is 2.29. The van der Waals surface area contributed by atoms with E-state index in [-0.39, 0.29) is 6.61 Å². The maximum Gasteiger partial charge on any atom is 0.344 e. The van der Waals surface area contributed by atoms with Gasteiger partial charge in [-0.05, 0) is 49.8 Å². The third-order valence-electron chi connectivity index (χ3n) is 4.75. The molecule has 1 aromatic carbocycles. The first-order chi connectivity index (χ1) is 14.3. The summed E-state index contributed by atoms with van der Waals surface area (Å²) in [4.78, 5) is 37.7. The summed E-state index contributed by atoms with van der Waals surface area (Å²) in [6.07, 6.45) is 2.43. The van der Waals surface area contributed by atoms with E-state index in [1.165, 1.54) is 11.3 Å². The quantitative estimate of drug-likeness (QED) is 0.688. The molecular weight excluding hydrogens is 416 g/mol. The second-order valence-corrected chi connectivity index (χ2v) is 8.10. The molecule has 30 heavy (non-hydrogen) atoms. The first-order valence-electron chi connectivity index (χ1n) is 9.54. The standard InChI is InChI=1S/C21H21F2NO5S/c1-3-28-20(26)17-12-8-7-11(2)9-15(12)30-19(17)24-16(25)10-29-21(27)18-13(22)5-4-6-14(18)23/h4-6,11H,3,7-10H2,1-2H3,(H,24,25). The number of thiophene rings is 1. The number of benzene rings is 1. The van der Waals surface area contributed by atoms with Gasteiger partial charge in [0.05, 0.1) is 12.2 Å². The first kappa shape index (κ1) is 21.9. The Morgan fingerprint density at radius 3 is 2.47 bits per heavy atom. The number of carbonyl (C=O) groups is 3. The van der Waals surface area contributed by atoms with Crippen LogP contribution >= 0.6 is 11.3 Å².